The van der Waals surface area contributed by atoms with Crippen LogP contribution in [0.25, 0.3) is 0 Å². The van der Waals surface area contributed by atoms with E-state index in [2.05, 4.69) is 10.4 Å². The van der Waals surface area contributed by atoms with Crippen molar-refractivity contribution in [3.8, 4) is 5.88 Å². The van der Waals surface area contributed by atoms with E-state index in [4.69, 9.17) is 22.1 Å². The summed E-state index contributed by atoms with van der Waals surface area (Å²) in [5, 5.41) is 7.94. The first-order chi connectivity index (χ1) is 8.10. The molecular weight excluding hydrogens is 240 g/mol. The van der Waals surface area contributed by atoms with Gasteiger partial charge in [-0.05, 0) is 18.2 Å². The van der Waals surface area contributed by atoms with E-state index in [1.54, 1.807) is 43.1 Å². The number of aryl methyl sites for hydroxylation is 1. The molecule has 17 heavy (non-hydrogen) atoms. The molecule has 3 N–H and O–H groups in total. The first kappa shape index (κ1) is 11.6. The highest BCUT2D eigenvalue weighted by atomic mass is 35.5. The van der Waals surface area contributed by atoms with Crippen LogP contribution in [0.1, 0.15) is 0 Å². The summed E-state index contributed by atoms with van der Waals surface area (Å²) in [6.45, 7) is 0. The van der Waals surface area contributed by atoms with E-state index in [0.29, 0.717) is 22.4 Å². The average Bonchev–Trinajstić information content (AvgIpc) is 2.63. The zero-order valence-electron chi connectivity index (χ0n) is 9.57. The highest BCUT2D eigenvalue weighted by molar-refractivity contribution is 6.31. The van der Waals surface area contributed by atoms with Crippen molar-refractivity contribution in [3.63, 3.8) is 0 Å². The molecule has 2 aromatic rings. The molecule has 0 saturated heterocycles. The zero-order valence-corrected chi connectivity index (χ0v) is 10.3. The monoisotopic (exact) mass is 252 g/mol. The number of benzene rings is 1. The number of hydrogen-bond acceptors (Lipinski definition) is 4. The van der Waals surface area contributed by atoms with Gasteiger partial charge in [-0.1, -0.05) is 11.6 Å². The molecule has 5 nitrogen and oxygen atoms in total. The molecule has 90 valence electrons. The van der Waals surface area contributed by atoms with Gasteiger partial charge >= 0.3 is 0 Å². The van der Waals surface area contributed by atoms with Crippen molar-refractivity contribution in [2.24, 2.45) is 7.05 Å². The van der Waals surface area contributed by atoms with Crippen molar-refractivity contribution >= 4 is 28.8 Å². The van der Waals surface area contributed by atoms with Gasteiger partial charge in [0.15, 0.2) is 5.82 Å². The fourth-order valence-corrected chi connectivity index (χ4v) is 1.67. The lowest BCUT2D eigenvalue weighted by Gasteiger charge is -2.06. The minimum atomic E-state index is 0.571. The Balaban J connectivity index is 2.25. The van der Waals surface area contributed by atoms with Gasteiger partial charge in [-0.15, -0.1) is 0 Å². The lowest BCUT2D eigenvalue weighted by molar-refractivity contribution is 0.373. The van der Waals surface area contributed by atoms with Gasteiger partial charge in [0.05, 0.1) is 18.5 Å². The fraction of sp³-hybridized carbons (Fsp3) is 0.182. The van der Waals surface area contributed by atoms with E-state index in [1.165, 1.54) is 0 Å². The predicted octanol–water partition coefficient (Wildman–Crippen LogP) is 2.41. The number of nitrogens with two attached hydrogens (primary N) is 1. The van der Waals surface area contributed by atoms with Crippen LogP contribution in [0.3, 0.4) is 0 Å². The largest absolute Gasteiger partial charge is 0.481 e. The van der Waals surface area contributed by atoms with Crippen LogP contribution in [0.5, 0.6) is 5.88 Å². The molecule has 1 heterocycles. The second-order valence-corrected chi connectivity index (χ2v) is 3.99. The van der Waals surface area contributed by atoms with Gasteiger partial charge in [0.1, 0.15) is 0 Å². The summed E-state index contributed by atoms with van der Waals surface area (Å²) in [4.78, 5) is 0. The molecular formula is C11H13ClN4O. The molecule has 0 amide bonds. The van der Waals surface area contributed by atoms with Crippen molar-refractivity contribution in [1.29, 1.82) is 0 Å². The third-order valence-electron chi connectivity index (χ3n) is 2.32. The minimum absolute atomic E-state index is 0.571. The molecule has 1 aromatic carbocycles. The maximum absolute atomic E-state index is 5.83. The van der Waals surface area contributed by atoms with Crippen molar-refractivity contribution in [2.45, 2.75) is 0 Å². The second kappa shape index (κ2) is 4.55. The van der Waals surface area contributed by atoms with Gasteiger partial charge in [-0.25, -0.2) is 4.68 Å². The lowest BCUT2D eigenvalue weighted by Crippen LogP contribution is -1.98. The maximum Gasteiger partial charge on any atom is 0.213 e. The van der Waals surface area contributed by atoms with Crippen molar-refractivity contribution in [3.05, 3.63) is 29.3 Å². The standard InChI is InChI=1S/C11H13ClN4O/c1-16-11(17-2)6-10(15-16)14-9-4-3-7(12)5-8(9)13/h3-6H,13H2,1-2H3,(H,14,15). The van der Waals surface area contributed by atoms with Crippen LogP contribution in [-0.2, 0) is 7.05 Å². The summed E-state index contributed by atoms with van der Waals surface area (Å²) in [6.07, 6.45) is 0. The maximum atomic E-state index is 5.83. The number of anilines is 3. The van der Waals surface area contributed by atoms with Crippen molar-refractivity contribution in [2.75, 3.05) is 18.2 Å². The molecule has 0 aliphatic carbocycles. The number of aromatic nitrogens is 2. The van der Waals surface area contributed by atoms with Crippen LogP contribution in [0.15, 0.2) is 24.3 Å². The molecule has 0 saturated carbocycles. The number of nitrogens with zero attached hydrogens (tertiary/aromatic N) is 2. The number of halogens is 1. The van der Waals surface area contributed by atoms with Crippen LogP contribution in [0.4, 0.5) is 17.2 Å². The van der Waals surface area contributed by atoms with Gasteiger partial charge in [-0.2, -0.15) is 5.10 Å². The molecule has 0 aliphatic rings. The molecule has 0 fully saturated rings. The van der Waals surface area contributed by atoms with Crippen LogP contribution in [0.2, 0.25) is 5.02 Å². The Hall–Kier alpha value is -1.88. The van der Waals surface area contributed by atoms with Gasteiger partial charge < -0.3 is 15.8 Å². The van der Waals surface area contributed by atoms with Gasteiger partial charge in [0.2, 0.25) is 5.88 Å². The third-order valence-corrected chi connectivity index (χ3v) is 2.56. The number of rotatable bonds is 3. The number of nitrogens with one attached hydrogen (secondary N) is 1. The Morgan fingerprint density at radius 1 is 1.41 bits per heavy atom. The first-order valence-electron chi connectivity index (χ1n) is 5.00. The van der Waals surface area contributed by atoms with E-state index in [-0.39, 0.29) is 0 Å². The Morgan fingerprint density at radius 2 is 2.18 bits per heavy atom. The predicted molar refractivity (Wildman–Crippen MR) is 68.9 cm³/mol. The van der Waals surface area contributed by atoms with E-state index in [9.17, 15) is 0 Å². The fourth-order valence-electron chi connectivity index (χ4n) is 1.49. The molecule has 0 unspecified atom stereocenters. The quantitative estimate of drug-likeness (QED) is 0.824. The normalized spacial score (nSPS) is 10.3. The molecule has 0 aliphatic heterocycles. The molecule has 2 rings (SSSR count). The van der Waals surface area contributed by atoms with Gasteiger partial charge in [-0.3, -0.25) is 0 Å². The number of methoxy groups -OCH3 is 1. The summed E-state index contributed by atoms with van der Waals surface area (Å²) >= 11 is 5.82. The van der Waals surface area contributed by atoms with Crippen molar-refractivity contribution < 1.29 is 4.74 Å². The molecule has 1 aromatic heterocycles. The molecule has 6 heteroatoms. The van der Waals surface area contributed by atoms with Crippen LogP contribution in [0, 0.1) is 0 Å². The third kappa shape index (κ3) is 2.45. The Kier molecular flexibility index (Phi) is 3.10. The SMILES string of the molecule is COc1cc(Nc2ccc(Cl)cc2N)nn1C. The van der Waals surface area contributed by atoms with Crippen LogP contribution < -0.4 is 15.8 Å². The highest BCUT2D eigenvalue weighted by Gasteiger charge is 2.06. The topological polar surface area (TPSA) is 65.1 Å². The van der Waals surface area contributed by atoms with E-state index in [0.717, 1.165) is 5.69 Å². The summed E-state index contributed by atoms with van der Waals surface area (Å²) in [7, 11) is 3.40. The number of ether oxygens (including phenoxy) is 1. The van der Waals surface area contributed by atoms with Crippen molar-refractivity contribution in [1.82, 2.24) is 9.78 Å². The van der Waals surface area contributed by atoms with Gasteiger partial charge in [0.25, 0.3) is 0 Å². The average molecular weight is 253 g/mol. The first-order valence-corrected chi connectivity index (χ1v) is 5.38. The zero-order chi connectivity index (χ0) is 12.4. The van der Waals surface area contributed by atoms with E-state index < -0.39 is 0 Å². The van der Waals surface area contributed by atoms with E-state index >= 15 is 0 Å². The van der Waals surface area contributed by atoms with Gasteiger partial charge in [0, 0.05) is 18.1 Å². The Labute approximate surface area is 104 Å². The lowest BCUT2D eigenvalue weighted by atomic mass is 10.2. The second-order valence-electron chi connectivity index (χ2n) is 3.55. The summed E-state index contributed by atoms with van der Waals surface area (Å²) in [6, 6.07) is 7.04. The summed E-state index contributed by atoms with van der Waals surface area (Å²) in [5.74, 6) is 1.33. The molecule has 0 bridgehead atoms. The minimum Gasteiger partial charge on any atom is -0.481 e. The summed E-state index contributed by atoms with van der Waals surface area (Å²) in [5.41, 5.74) is 7.16. The summed E-state index contributed by atoms with van der Waals surface area (Å²) < 4.78 is 6.75. The number of nitrogen functional groups attached to an aromatic ring is 1. The molecule has 0 spiro atoms. The molecule has 0 atom stereocenters. The highest BCUT2D eigenvalue weighted by Crippen LogP contribution is 2.26. The van der Waals surface area contributed by atoms with E-state index in [1.807, 2.05) is 0 Å². The Bertz CT molecular complexity index is 538. The van der Waals surface area contributed by atoms with Crippen LogP contribution in [-0.4, -0.2) is 16.9 Å². The smallest absolute Gasteiger partial charge is 0.213 e. The van der Waals surface area contributed by atoms with Crippen LogP contribution >= 0.6 is 11.6 Å². The Morgan fingerprint density at radius 3 is 2.76 bits per heavy atom. The molecule has 0 radical (unpaired) electrons. The number of hydrogen-bond donors (Lipinski definition) is 2.